The summed E-state index contributed by atoms with van der Waals surface area (Å²) >= 11 is 0. The van der Waals surface area contributed by atoms with Gasteiger partial charge in [0.05, 0.1) is 24.4 Å². The van der Waals surface area contributed by atoms with E-state index in [1.165, 1.54) is 6.07 Å². The zero-order valence-electron chi connectivity index (χ0n) is 13.2. The summed E-state index contributed by atoms with van der Waals surface area (Å²) in [5.74, 6) is 0.103. The normalized spacial score (nSPS) is 17.2. The Morgan fingerprint density at radius 3 is 2.54 bits per heavy atom. The predicted octanol–water partition coefficient (Wildman–Crippen LogP) is 2.53. The van der Waals surface area contributed by atoms with Crippen LogP contribution in [-0.2, 0) is 9.59 Å². The number of para-hydroxylation sites is 2. The molecule has 1 aliphatic heterocycles. The molecule has 0 unspecified atom stereocenters. The fourth-order valence-corrected chi connectivity index (χ4v) is 2.66. The molecule has 6 heteroatoms. The van der Waals surface area contributed by atoms with Gasteiger partial charge in [-0.05, 0) is 43.3 Å². The number of phenols is 1. The number of anilines is 2. The van der Waals surface area contributed by atoms with Gasteiger partial charge >= 0.3 is 0 Å². The quantitative estimate of drug-likeness (QED) is 0.652. The van der Waals surface area contributed by atoms with Gasteiger partial charge in [-0.1, -0.05) is 12.1 Å². The first-order valence-corrected chi connectivity index (χ1v) is 7.74. The van der Waals surface area contributed by atoms with Crippen LogP contribution in [0, 0.1) is 0 Å². The van der Waals surface area contributed by atoms with Gasteiger partial charge in [0.25, 0.3) is 5.91 Å². The number of amides is 2. The van der Waals surface area contributed by atoms with E-state index in [4.69, 9.17) is 4.74 Å². The molecule has 24 heavy (non-hydrogen) atoms. The van der Waals surface area contributed by atoms with Crippen molar-refractivity contribution < 1.29 is 19.4 Å². The van der Waals surface area contributed by atoms with Gasteiger partial charge in [0, 0.05) is 0 Å². The summed E-state index contributed by atoms with van der Waals surface area (Å²) in [6.45, 7) is 2.43. The topological polar surface area (TPSA) is 78.9 Å². The molecule has 0 aromatic heterocycles. The van der Waals surface area contributed by atoms with Crippen molar-refractivity contribution in [2.45, 2.75) is 19.4 Å². The lowest BCUT2D eigenvalue weighted by atomic mass is 10.2. The average Bonchev–Trinajstić information content (AvgIpc) is 2.85. The second kappa shape index (κ2) is 6.62. The van der Waals surface area contributed by atoms with Crippen molar-refractivity contribution in [2.24, 2.45) is 0 Å². The Hall–Kier alpha value is -3.02. The van der Waals surface area contributed by atoms with Gasteiger partial charge in [0.2, 0.25) is 5.91 Å². The van der Waals surface area contributed by atoms with Gasteiger partial charge in [-0.3, -0.25) is 9.59 Å². The van der Waals surface area contributed by atoms with Gasteiger partial charge in [0.15, 0.2) is 0 Å². The number of benzene rings is 2. The molecule has 6 nitrogen and oxygen atoms in total. The Balaban J connectivity index is 1.77. The predicted molar refractivity (Wildman–Crippen MR) is 90.2 cm³/mol. The molecule has 1 aliphatic rings. The van der Waals surface area contributed by atoms with E-state index in [1.807, 2.05) is 6.92 Å². The first-order valence-electron chi connectivity index (χ1n) is 7.74. The number of hydrogen-bond acceptors (Lipinski definition) is 5. The molecule has 1 saturated heterocycles. The van der Waals surface area contributed by atoms with Crippen LogP contribution in [0.3, 0.4) is 0 Å². The van der Waals surface area contributed by atoms with Crippen molar-refractivity contribution in [3.63, 3.8) is 0 Å². The third-order valence-corrected chi connectivity index (χ3v) is 3.79. The van der Waals surface area contributed by atoms with Gasteiger partial charge in [-0.15, -0.1) is 0 Å². The van der Waals surface area contributed by atoms with E-state index in [0.29, 0.717) is 23.7 Å². The van der Waals surface area contributed by atoms with Crippen molar-refractivity contribution in [3.05, 3.63) is 48.5 Å². The Morgan fingerprint density at radius 2 is 1.88 bits per heavy atom. The number of imide groups is 1. The third kappa shape index (κ3) is 3.03. The molecule has 2 aromatic carbocycles. The summed E-state index contributed by atoms with van der Waals surface area (Å²) in [6, 6.07) is 12.7. The molecule has 2 aromatic rings. The van der Waals surface area contributed by atoms with E-state index < -0.39 is 6.04 Å². The number of nitrogens with one attached hydrogen (secondary N) is 1. The summed E-state index contributed by atoms with van der Waals surface area (Å²) in [5.41, 5.74) is 0.937. The van der Waals surface area contributed by atoms with Crippen LogP contribution in [0.15, 0.2) is 48.5 Å². The zero-order valence-corrected chi connectivity index (χ0v) is 13.2. The molecule has 0 spiro atoms. The van der Waals surface area contributed by atoms with Crippen LogP contribution in [-0.4, -0.2) is 29.6 Å². The maximum atomic E-state index is 12.6. The van der Waals surface area contributed by atoms with Crippen LogP contribution in [0.1, 0.15) is 13.3 Å². The standard InChI is InChI=1S/C18H18N2O4/c1-2-24-13-9-7-12(8-10-13)20-17(22)11-15(18(20)23)19-14-5-3-4-6-16(14)21/h3-10,15,19,21H,2,11H2,1H3/t15-/m0/s1. The molecule has 0 radical (unpaired) electrons. The smallest absolute Gasteiger partial charge is 0.256 e. The highest BCUT2D eigenvalue weighted by molar-refractivity contribution is 6.23. The molecule has 0 bridgehead atoms. The van der Waals surface area contributed by atoms with E-state index in [1.54, 1.807) is 42.5 Å². The molecular weight excluding hydrogens is 308 g/mol. The first kappa shape index (κ1) is 15.9. The van der Waals surface area contributed by atoms with Crippen LogP contribution in [0.5, 0.6) is 11.5 Å². The Labute approximate surface area is 139 Å². The molecule has 1 atom stereocenters. The van der Waals surface area contributed by atoms with Crippen LogP contribution in [0.4, 0.5) is 11.4 Å². The van der Waals surface area contributed by atoms with Crippen LogP contribution in [0.2, 0.25) is 0 Å². The van der Waals surface area contributed by atoms with Gasteiger partial charge in [-0.25, -0.2) is 4.90 Å². The number of hydrogen-bond donors (Lipinski definition) is 2. The van der Waals surface area contributed by atoms with E-state index in [9.17, 15) is 14.7 Å². The van der Waals surface area contributed by atoms with E-state index in [-0.39, 0.29) is 24.0 Å². The number of ether oxygens (including phenoxy) is 1. The highest BCUT2D eigenvalue weighted by Crippen LogP contribution is 2.29. The number of rotatable bonds is 5. The minimum Gasteiger partial charge on any atom is -0.506 e. The number of aromatic hydroxyl groups is 1. The number of phenolic OH excluding ortho intramolecular Hbond substituents is 1. The lowest BCUT2D eigenvalue weighted by Gasteiger charge is -2.17. The minimum atomic E-state index is -0.697. The highest BCUT2D eigenvalue weighted by atomic mass is 16.5. The van der Waals surface area contributed by atoms with Gasteiger partial charge in [0.1, 0.15) is 17.5 Å². The number of carbonyl (C=O) groups is 2. The van der Waals surface area contributed by atoms with E-state index >= 15 is 0 Å². The lowest BCUT2D eigenvalue weighted by molar-refractivity contribution is -0.121. The molecule has 3 rings (SSSR count). The molecule has 1 heterocycles. The Morgan fingerprint density at radius 1 is 1.17 bits per heavy atom. The average molecular weight is 326 g/mol. The Bertz CT molecular complexity index is 758. The summed E-state index contributed by atoms with van der Waals surface area (Å²) < 4.78 is 5.36. The Kier molecular flexibility index (Phi) is 4.37. The summed E-state index contributed by atoms with van der Waals surface area (Å²) in [7, 11) is 0. The van der Waals surface area contributed by atoms with Crippen molar-refractivity contribution >= 4 is 23.2 Å². The monoisotopic (exact) mass is 326 g/mol. The van der Waals surface area contributed by atoms with E-state index in [2.05, 4.69) is 5.32 Å². The molecule has 1 fully saturated rings. The zero-order chi connectivity index (χ0) is 17.1. The summed E-state index contributed by atoms with van der Waals surface area (Å²) in [4.78, 5) is 26.0. The molecule has 2 N–H and O–H groups in total. The van der Waals surface area contributed by atoms with Crippen molar-refractivity contribution in [3.8, 4) is 11.5 Å². The van der Waals surface area contributed by atoms with Gasteiger partial charge in [-0.2, -0.15) is 0 Å². The summed E-state index contributed by atoms with van der Waals surface area (Å²) in [5, 5.41) is 12.7. The second-order valence-corrected chi connectivity index (χ2v) is 5.41. The minimum absolute atomic E-state index is 0.0391. The van der Waals surface area contributed by atoms with Crippen molar-refractivity contribution in [2.75, 3.05) is 16.8 Å². The van der Waals surface area contributed by atoms with Gasteiger partial charge < -0.3 is 15.2 Å². The van der Waals surface area contributed by atoms with Crippen LogP contribution >= 0.6 is 0 Å². The highest BCUT2D eigenvalue weighted by Gasteiger charge is 2.39. The second-order valence-electron chi connectivity index (χ2n) is 5.41. The number of carbonyl (C=O) groups excluding carboxylic acids is 2. The summed E-state index contributed by atoms with van der Waals surface area (Å²) in [6.07, 6.45) is 0.0420. The fraction of sp³-hybridized carbons (Fsp3) is 0.222. The van der Waals surface area contributed by atoms with Crippen molar-refractivity contribution in [1.82, 2.24) is 0 Å². The molecule has 0 saturated carbocycles. The lowest BCUT2D eigenvalue weighted by Crippen LogP contribution is -2.34. The molecule has 124 valence electrons. The molecular formula is C18H18N2O4. The van der Waals surface area contributed by atoms with E-state index in [0.717, 1.165) is 4.90 Å². The molecule has 0 aliphatic carbocycles. The largest absolute Gasteiger partial charge is 0.506 e. The van der Waals surface area contributed by atoms with Crippen LogP contribution in [0.25, 0.3) is 0 Å². The molecule has 2 amide bonds. The third-order valence-electron chi connectivity index (χ3n) is 3.79. The SMILES string of the molecule is CCOc1ccc(N2C(=O)C[C@H](Nc3ccccc3O)C2=O)cc1. The first-order chi connectivity index (χ1) is 11.6. The number of nitrogens with zero attached hydrogens (tertiary/aromatic N) is 1. The van der Waals surface area contributed by atoms with Crippen molar-refractivity contribution in [1.29, 1.82) is 0 Å². The maximum absolute atomic E-state index is 12.6. The fourth-order valence-electron chi connectivity index (χ4n) is 2.66. The van der Waals surface area contributed by atoms with Crippen LogP contribution < -0.4 is 15.0 Å². The maximum Gasteiger partial charge on any atom is 0.256 e.